The Labute approximate surface area is 84.9 Å². The van der Waals surface area contributed by atoms with Crippen LogP contribution in [0.5, 0.6) is 5.75 Å². The molecule has 0 radical (unpaired) electrons. The minimum atomic E-state index is -0.125. The molecule has 0 aromatic heterocycles. The van der Waals surface area contributed by atoms with Gasteiger partial charge in [0.05, 0.1) is 6.61 Å². The summed E-state index contributed by atoms with van der Waals surface area (Å²) < 4.78 is 18.5. The zero-order chi connectivity index (χ0) is 10.6. The van der Waals surface area contributed by atoms with E-state index in [1.54, 1.807) is 6.07 Å². The van der Waals surface area contributed by atoms with Crippen molar-refractivity contribution in [1.29, 1.82) is 0 Å². The van der Waals surface area contributed by atoms with Crippen molar-refractivity contribution in [2.45, 2.75) is 33.6 Å². The Balaban J connectivity index is 0.000000461. The summed E-state index contributed by atoms with van der Waals surface area (Å²) in [5, 5.41) is 0. The van der Waals surface area contributed by atoms with E-state index in [1.807, 2.05) is 13.8 Å². The SMILES string of the molecule is CC.CCc1ccc(F)c2c1OCC2. The fraction of sp³-hybridized carbons (Fsp3) is 0.500. The van der Waals surface area contributed by atoms with Gasteiger partial charge in [0, 0.05) is 12.0 Å². The van der Waals surface area contributed by atoms with Gasteiger partial charge in [-0.1, -0.05) is 26.8 Å². The predicted molar refractivity (Wildman–Crippen MR) is 56.3 cm³/mol. The molecular formula is C12H17FO. The first-order valence-corrected chi connectivity index (χ1v) is 5.26. The summed E-state index contributed by atoms with van der Waals surface area (Å²) in [7, 11) is 0. The van der Waals surface area contributed by atoms with Crippen LogP contribution in [0.15, 0.2) is 12.1 Å². The number of hydrogen-bond donors (Lipinski definition) is 0. The Kier molecular flexibility index (Phi) is 3.93. The van der Waals surface area contributed by atoms with Gasteiger partial charge >= 0.3 is 0 Å². The van der Waals surface area contributed by atoms with Crippen molar-refractivity contribution >= 4 is 0 Å². The van der Waals surface area contributed by atoms with E-state index in [0.717, 1.165) is 29.7 Å². The van der Waals surface area contributed by atoms with Gasteiger partial charge in [-0.3, -0.25) is 0 Å². The lowest BCUT2D eigenvalue weighted by atomic mass is 10.1. The van der Waals surface area contributed by atoms with Crippen LogP contribution in [0.2, 0.25) is 0 Å². The van der Waals surface area contributed by atoms with Gasteiger partial charge in [0.15, 0.2) is 0 Å². The number of fused-ring (bicyclic) bond motifs is 1. The lowest BCUT2D eigenvalue weighted by Gasteiger charge is -2.05. The van der Waals surface area contributed by atoms with Gasteiger partial charge in [-0.05, 0) is 18.1 Å². The van der Waals surface area contributed by atoms with E-state index in [4.69, 9.17) is 4.74 Å². The van der Waals surface area contributed by atoms with Crippen molar-refractivity contribution in [3.05, 3.63) is 29.1 Å². The first-order chi connectivity index (χ1) is 6.83. The van der Waals surface area contributed by atoms with Crippen LogP contribution in [0.1, 0.15) is 31.9 Å². The maximum absolute atomic E-state index is 13.1. The van der Waals surface area contributed by atoms with Crippen molar-refractivity contribution in [2.75, 3.05) is 6.61 Å². The normalized spacial score (nSPS) is 12.6. The van der Waals surface area contributed by atoms with Gasteiger partial charge in [-0.15, -0.1) is 0 Å². The summed E-state index contributed by atoms with van der Waals surface area (Å²) >= 11 is 0. The largest absolute Gasteiger partial charge is 0.493 e. The van der Waals surface area contributed by atoms with Gasteiger partial charge in [-0.25, -0.2) is 4.39 Å². The lowest BCUT2D eigenvalue weighted by Crippen LogP contribution is -1.90. The molecule has 2 heteroatoms. The second-order valence-electron chi connectivity index (χ2n) is 2.97. The van der Waals surface area contributed by atoms with Crippen LogP contribution >= 0.6 is 0 Å². The molecule has 1 aliphatic rings. The molecule has 0 fully saturated rings. The molecular weight excluding hydrogens is 179 g/mol. The van der Waals surface area contributed by atoms with Crippen LogP contribution in [0.3, 0.4) is 0 Å². The minimum Gasteiger partial charge on any atom is -0.493 e. The molecule has 0 bridgehead atoms. The van der Waals surface area contributed by atoms with Gasteiger partial charge < -0.3 is 4.74 Å². The van der Waals surface area contributed by atoms with E-state index in [-0.39, 0.29) is 5.82 Å². The second kappa shape index (κ2) is 4.99. The third kappa shape index (κ3) is 1.89. The molecule has 0 N–H and O–H groups in total. The first kappa shape index (κ1) is 11.0. The van der Waals surface area contributed by atoms with Crippen LogP contribution in [0, 0.1) is 5.82 Å². The van der Waals surface area contributed by atoms with Crippen molar-refractivity contribution < 1.29 is 9.13 Å². The molecule has 1 nitrogen and oxygen atoms in total. The highest BCUT2D eigenvalue weighted by Gasteiger charge is 2.18. The van der Waals surface area contributed by atoms with Crippen LogP contribution in [0.25, 0.3) is 0 Å². The molecule has 0 saturated carbocycles. The van der Waals surface area contributed by atoms with Crippen LogP contribution < -0.4 is 4.74 Å². The monoisotopic (exact) mass is 196 g/mol. The lowest BCUT2D eigenvalue weighted by molar-refractivity contribution is 0.353. The van der Waals surface area contributed by atoms with E-state index in [2.05, 4.69) is 6.92 Å². The van der Waals surface area contributed by atoms with Gasteiger partial charge in [-0.2, -0.15) is 0 Å². The summed E-state index contributed by atoms with van der Waals surface area (Å²) in [6, 6.07) is 3.34. The summed E-state index contributed by atoms with van der Waals surface area (Å²) in [6.07, 6.45) is 1.62. The Bertz CT molecular complexity index is 307. The Hall–Kier alpha value is -1.05. The maximum atomic E-state index is 13.1. The molecule has 0 saturated heterocycles. The molecule has 1 aliphatic heterocycles. The highest BCUT2D eigenvalue weighted by Crippen LogP contribution is 2.31. The fourth-order valence-corrected chi connectivity index (χ4v) is 1.60. The number of ether oxygens (including phenoxy) is 1. The summed E-state index contributed by atoms with van der Waals surface area (Å²) in [4.78, 5) is 0. The zero-order valence-electron chi connectivity index (χ0n) is 9.06. The number of aryl methyl sites for hydroxylation is 1. The Morgan fingerprint density at radius 1 is 1.36 bits per heavy atom. The van der Waals surface area contributed by atoms with Crippen LogP contribution in [-0.2, 0) is 12.8 Å². The summed E-state index contributed by atoms with van der Waals surface area (Å²) in [5.74, 6) is 0.664. The van der Waals surface area contributed by atoms with Crippen molar-refractivity contribution in [2.24, 2.45) is 0 Å². The second-order valence-corrected chi connectivity index (χ2v) is 2.97. The van der Waals surface area contributed by atoms with Crippen LogP contribution in [0.4, 0.5) is 4.39 Å². The van der Waals surface area contributed by atoms with E-state index in [9.17, 15) is 4.39 Å². The topological polar surface area (TPSA) is 9.23 Å². The highest BCUT2D eigenvalue weighted by molar-refractivity contribution is 5.44. The number of halogens is 1. The van der Waals surface area contributed by atoms with Crippen molar-refractivity contribution in [3.63, 3.8) is 0 Å². The average molecular weight is 196 g/mol. The standard InChI is InChI=1S/C10H11FO.C2H6/c1-2-7-3-4-9(11)8-5-6-12-10(7)8;1-2/h3-4H,2,5-6H2,1H3;1-2H3. The molecule has 1 heterocycles. The average Bonchev–Trinajstić information content (AvgIpc) is 2.71. The minimum absolute atomic E-state index is 0.125. The molecule has 2 rings (SSSR count). The quantitative estimate of drug-likeness (QED) is 0.669. The molecule has 14 heavy (non-hydrogen) atoms. The number of hydrogen-bond acceptors (Lipinski definition) is 1. The molecule has 1 aromatic carbocycles. The van der Waals surface area contributed by atoms with E-state index in [1.165, 1.54) is 6.07 Å². The number of benzene rings is 1. The molecule has 0 unspecified atom stereocenters. The molecule has 0 amide bonds. The molecule has 0 atom stereocenters. The van der Waals surface area contributed by atoms with Gasteiger partial charge in [0.1, 0.15) is 11.6 Å². The Morgan fingerprint density at radius 2 is 2.07 bits per heavy atom. The van der Waals surface area contributed by atoms with Gasteiger partial charge in [0.2, 0.25) is 0 Å². The smallest absolute Gasteiger partial charge is 0.130 e. The first-order valence-electron chi connectivity index (χ1n) is 5.26. The van der Waals surface area contributed by atoms with E-state index in [0.29, 0.717) is 6.61 Å². The fourth-order valence-electron chi connectivity index (χ4n) is 1.60. The third-order valence-electron chi connectivity index (χ3n) is 2.26. The van der Waals surface area contributed by atoms with E-state index < -0.39 is 0 Å². The van der Waals surface area contributed by atoms with E-state index >= 15 is 0 Å². The Morgan fingerprint density at radius 3 is 2.71 bits per heavy atom. The summed E-state index contributed by atoms with van der Waals surface area (Å²) in [6.45, 7) is 6.68. The van der Waals surface area contributed by atoms with Crippen LogP contribution in [-0.4, -0.2) is 6.61 Å². The summed E-state index contributed by atoms with van der Waals surface area (Å²) in [5.41, 5.74) is 1.87. The zero-order valence-corrected chi connectivity index (χ0v) is 9.06. The van der Waals surface area contributed by atoms with Crippen molar-refractivity contribution in [3.8, 4) is 5.75 Å². The predicted octanol–water partition coefficient (Wildman–Crippen LogP) is 3.35. The molecule has 78 valence electrons. The molecule has 0 aliphatic carbocycles. The third-order valence-corrected chi connectivity index (χ3v) is 2.26. The highest BCUT2D eigenvalue weighted by atomic mass is 19.1. The van der Waals surface area contributed by atoms with Crippen molar-refractivity contribution in [1.82, 2.24) is 0 Å². The molecule has 0 spiro atoms. The van der Waals surface area contributed by atoms with Gasteiger partial charge in [0.25, 0.3) is 0 Å². The maximum Gasteiger partial charge on any atom is 0.130 e. The molecule has 1 aromatic rings. The number of rotatable bonds is 1.